The van der Waals surface area contributed by atoms with Crippen molar-refractivity contribution in [1.29, 1.82) is 0 Å². The van der Waals surface area contributed by atoms with Crippen molar-refractivity contribution in [3.63, 3.8) is 0 Å². The Kier molecular flexibility index (Phi) is 5.53. The van der Waals surface area contributed by atoms with E-state index in [-0.39, 0.29) is 0 Å². The largest absolute Gasteiger partial charge is 0.314 e. The molecule has 3 heteroatoms. The molecule has 1 aromatic rings. The number of hydrogen-bond acceptors (Lipinski definition) is 3. The monoisotopic (exact) mass is 275 g/mol. The van der Waals surface area contributed by atoms with Gasteiger partial charge in [-0.05, 0) is 55.0 Å². The topological polar surface area (TPSA) is 37.8 Å². The Hall–Kier alpha value is -0.960. The van der Waals surface area contributed by atoms with Crippen molar-refractivity contribution < 1.29 is 0 Å². The maximum absolute atomic E-state index is 4.23. The van der Waals surface area contributed by atoms with E-state index in [0.29, 0.717) is 12.0 Å². The lowest BCUT2D eigenvalue weighted by atomic mass is 9.68. The van der Waals surface area contributed by atoms with E-state index in [1.54, 1.807) is 6.33 Å². The Morgan fingerprint density at radius 2 is 1.85 bits per heavy atom. The first-order valence-electron chi connectivity index (χ1n) is 8.06. The summed E-state index contributed by atoms with van der Waals surface area (Å²) in [7, 11) is 0. The Bertz CT molecular complexity index is 388. The van der Waals surface area contributed by atoms with Crippen LogP contribution in [0.25, 0.3) is 0 Å². The minimum absolute atomic E-state index is 0.561. The molecule has 0 saturated heterocycles. The molecule has 20 heavy (non-hydrogen) atoms. The van der Waals surface area contributed by atoms with Gasteiger partial charge in [-0.1, -0.05) is 27.7 Å². The molecular formula is C17H29N3. The summed E-state index contributed by atoms with van der Waals surface area (Å²) in [6, 6.07) is 0.561. The summed E-state index contributed by atoms with van der Waals surface area (Å²) < 4.78 is 0. The fourth-order valence-electron chi connectivity index (χ4n) is 3.41. The zero-order valence-electron chi connectivity index (χ0n) is 13.3. The highest BCUT2D eigenvalue weighted by Gasteiger charge is 2.32. The molecule has 1 aliphatic carbocycles. The van der Waals surface area contributed by atoms with Crippen molar-refractivity contribution in [2.75, 3.05) is 6.54 Å². The predicted molar refractivity (Wildman–Crippen MR) is 83.6 cm³/mol. The van der Waals surface area contributed by atoms with Gasteiger partial charge in [0.15, 0.2) is 0 Å². The number of hydrogen-bond donors (Lipinski definition) is 1. The van der Waals surface area contributed by atoms with Crippen LogP contribution in [0.4, 0.5) is 0 Å². The highest BCUT2D eigenvalue weighted by Crippen LogP contribution is 2.42. The van der Waals surface area contributed by atoms with Gasteiger partial charge in [-0.3, -0.25) is 0 Å². The minimum atomic E-state index is 0.561. The Morgan fingerprint density at radius 3 is 2.45 bits per heavy atom. The summed E-state index contributed by atoms with van der Waals surface area (Å²) >= 11 is 0. The van der Waals surface area contributed by atoms with Crippen molar-refractivity contribution in [1.82, 2.24) is 15.3 Å². The zero-order chi connectivity index (χ0) is 14.5. The van der Waals surface area contributed by atoms with E-state index in [9.17, 15) is 0 Å². The van der Waals surface area contributed by atoms with Crippen LogP contribution in [-0.4, -0.2) is 22.6 Å². The molecule has 2 rings (SSSR count). The number of rotatable bonds is 5. The molecule has 0 amide bonds. The molecule has 1 saturated carbocycles. The van der Waals surface area contributed by atoms with Crippen LogP contribution in [0, 0.1) is 17.8 Å². The van der Waals surface area contributed by atoms with E-state index in [1.165, 1.54) is 24.8 Å². The van der Waals surface area contributed by atoms with Crippen molar-refractivity contribution in [2.45, 2.75) is 58.9 Å². The highest BCUT2D eigenvalue weighted by atomic mass is 14.9. The first-order chi connectivity index (χ1) is 9.58. The van der Waals surface area contributed by atoms with Crippen LogP contribution in [0.1, 0.15) is 58.4 Å². The van der Waals surface area contributed by atoms with E-state index in [1.807, 2.05) is 12.4 Å². The Labute approximate surface area is 123 Å². The molecule has 112 valence electrons. The van der Waals surface area contributed by atoms with Crippen molar-refractivity contribution in [3.8, 4) is 0 Å². The fourth-order valence-corrected chi connectivity index (χ4v) is 3.41. The average Bonchev–Trinajstić information content (AvgIpc) is 2.45. The van der Waals surface area contributed by atoms with Gasteiger partial charge < -0.3 is 5.32 Å². The van der Waals surface area contributed by atoms with Gasteiger partial charge in [-0.15, -0.1) is 0 Å². The second-order valence-electron chi connectivity index (χ2n) is 6.92. The van der Waals surface area contributed by atoms with E-state index in [4.69, 9.17) is 0 Å². The van der Waals surface area contributed by atoms with Gasteiger partial charge in [-0.25, -0.2) is 9.97 Å². The predicted octanol–water partition coefficient (Wildman–Crippen LogP) is 3.63. The first kappa shape index (κ1) is 15.4. The summed E-state index contributed by atoms with van der Waals surface area (Å²) in [6.45, 7) is 10.3. The molecule has 3 nitrogen and oxygen atoms in total. The van der Waals surface area contributed by atoms with Crippen LogP contribution in [0.15, 0.2) is 18.7 Å². The molecule has 1 aromatic heterocycles. The molecule has 0 spiro atoms. The van der Waals surface area contributed by atoms with Gasteiger partial charge in [-0.2, -0.15) is 0 Å². The second-order valence-corrected chi connectivity index (χ2v) is 6.92. The van der Waals surface area contributed by atoms with Crippen molar-refractivity contribution in [3.05, 3.63) is 24.3 Å². The smallest absolute Gasteiger partial charge is 0.115 e. The molecule has 1 heterocycles. The lowest BCUT2D eigenvalue weighted by molar-refractivity contribution is 0.188. The van der Waals surface area contributed by atoms with Gasteiger partial charge in [0.25, 0.3) is 0 Å². The third kappa shape index (κ3) is 4.02. The van der Waals surface area contributed by atoms with Crippen LogP contribution >= 0.6 is 0 Å². The number of nitrogens with one attached hydrogen (secondary N) is 1. The molecule has 0 aromatic carbocycles. The zero-order valence-corrected chi connectivity index (χ0v) is 13.3. The molecule has 0 radical (unpaired) electrons. The Morgan fingerprint density at radius 1 is 1.15 bits per heavy atom. The summed E-state index contributed by atoms with van der Waals surface area (Å²) in [4.78, 5) is 8.46. The lowest BCUT2D eigenvalue weighted by Gasteiger charge is -2.38. The van der Waals surface area contributed by atoms with Crippen LogP contribution < -0.4 is 5.32 Å². The van der Waals surface area contributed by atoms with Gasteiger partial charge in [0, 0.05) is 18.4 Å². The number of nitrogens with zero attached hydrogens (tertiary/aromatic N) is 2. The van der Waals surface area contributed by atoms with E-state index >= 15 is 0 Å². The molecule has 0 aliphatic heterocycles. The third-order valence-electron chi connectivity index (χ3n) is 4.77. The molecule has 3 unspecified atom stereocenters. The highest BCUT2D eigenvalue weighted by molar-refractivity contribution is 5.13. The van der Waals surface area contributed by atoms with E-state index < -0.39 is 0 Å². The maximum Gasteiger partial charge on any atom is 0.115 e. The number of aromatic nitrogens is 2. The molecular weight excluding hydrogens is 246 g/mol. The maximum atomic E-state index is 4.23. The van der Waals surface area contributed by atoms with Crippen LogP contribution in [0.3, 0.4) is 0 Å². The summed E-state index contributed by atoms with van der Waals surface area (Å²) in [5.41, 5.74) is 1.33. The molecule has 0 bridgehead atoms. The van der Waals surface area contributed by atoms with Gasteiger partial charge in [0.1, 0.15) is 6.33 Å². The summed E-state index contributed by atoms with van der Waals surface area (Å²) in [5.74, 6) is 2.96. The molecule has 3 atom stereocenters. The summed E-state index contributed by atoms with van der Waals surface area (Å²) in [5, 5.41) is 3.62. The van der Waals surface area contributed by atoms with Crippen LogP contribution in [0.5, 0.6) is 0 Å². The average molecular weight is 275 g/mol. The fraction of sp³-hybridized carbons (Fsp3) is 0.765. The summed E-state index contributed by atoms with van der Waals surface area (Å²) in [6.07, 6.45) is 9.64. The molecule has 1 aliphatic rings. The van der Waals surface area contributed by atoms with E-state index in [2.05, 4.69) is 43.0 Å². The van der Waals surface area contributed by atoms with Crippen LogP contribution in [-0.2, 0) is 0 Å². The second kappa shape index (κ2) is 7.16. The van der Waals surface area contributed by atoms with Crippen molar-refractivity contribution >= 4 is 0 Å². The SMILES string of the molecule is CC(C)NCC1CCC(C(C)C)CC1c1cncnc1. The van der Waals surface area contributed by atoms with Gasteiger partial charge in [0.2, 0.25) is 0 Å². The van der Waals surface area contributed by atoms with Crippen molar-refractivity contribution in [2.24, 2.45) is 17.8 Å². The quantitative estimate of drug-likeness (QED) is 0.891. The Balaban J connectivity index is 2.10. The normalized spacial score (nSPS) is 27.2. The van der Waals surface area contributed by atoms with Gasteiger partial charge in [0.05, 0.1) is 0 Å². The lowest BCUT2D eigenvalue weighted by Crippen LogP contribution is -2.36. The third-order valence-corrected chi connectivity index (χ3v) is 4.77. The van der Waals surface area contributed by atoms with Gasteiger partial charge >= 0.3 is 0 Å². The minimum Gasteiger partial charge on any atom is -0.314 e. The standard InChI is InChI=1S/C17H29N3/c1-12(2)14-5-6-15(10-20-13(3)4)17(7-14)16-8-18-11-19-9-16/h8-9,11-15,17,20H,5-7,10H2,1-4H3. The molecule has 1 N–H and O–H groups in total. The van der Waals surface area contributed by atoms with E-state index in [0.717, 1.165) is 24.3 Å². The molecule has 1 fully saturated rings. The first-order valence-corrected chi connectivity index (χ1v) is 8.06. The van der Waals surface area contributed by atoms with Crippen LogP contribution in [0.2, 0.25) is 0 Å².